The average molecular weight is 238 g/mol. The molecule has 3 nitrogen and oxygen atoms in total. The molecule has 0 amide bonds. The molecule has 1 rings (SSSR count). The van der Waals surface area contributed by atoms with Crippen molar-refractivity contribution in [1.82, 2.24) is 0 Å². The topological polar surface area (TPSA) is 49.7 Å². The molecule has 96 valence electrons. The number of aliphatic hydroxyl groups excluding tert-OH is 2. The van der Waals surface area contributed by atoms with E-state index in [-0.39, 0.29) is 19.3 Å². The number of ether oxygens (including phenoxy) is 1. The first-order valence-electron chi connectivity index (χ1n) is 5.90. The number of methoxy groups -OCH3 is 1. The van der Waals surface area contributed by atoms with Crippen molar-refractivity contribution in [1.29, 1.82) is 0 Å². The van der Waals surface area contributed by atoms with Gasteiger partial charge in [-0.1, -0.05) is 24.3 Å². The van der Waals surface area contributed by atoms with Crippen molar-refractivity contribution < 1.29 is 14.9 Å². The van der Waals surface area contributed by atoms with Gasteiger partial charge in [0.25, 0.3) is 0 Å². The van der Waals surface area contributed by atoms with Crippen molar-refractivity contribution in [3.05, 3.63) is 35.4 Å². The van der Waals surface area contributed by atoms with Gasteiger partial charge in [-0.05, 0) is 31.4 Å². The summed E-state index contributed by atoms with van der Waals surface area (Å²) in [6, 6.07) is 7.84. The average Bonchev–Trinajstić information content (AvgIpc) is 2.36. The van der Waals surface area contributed by atoms with Gasteiger partial charge >= 0.3 is 0 Å². The monoisotopic (exact) mass is 238 g/mol. The van der Waals surface area contributed by atoms with Gasteiger partial charge in [-0.3, -0.25) is 0 Å². The number of aryl methyl sites for hydroxylation is 1. The Hall–Kier alpha value is -0.900. The molecule has 1 aromatic rings. The van der Waals surface area contributed by atoms with Crippen LogP contribution in [0.25, 0.3) is 0 Å². The molecule has 1 unspecified atom stereocenters. The fourth-order valence-electron chi connectivity index (χ4n) is 2.26. The normalized spacial score (nSPS) is 13.7. The third kappa shape index (κ3) is 3.06. The van der Waals surface area contributed by atoms with Crippen LogP contribution in [0.1, 0.15) is 24.5 Å². The second kappa shape index (κ2) is 6.15. The van der Waals surface area contributed by atoms with Crippen LogP contribution in [0.5, 0.6) is 0 Å². The molecule has 3 heteroatoms. The molecule has 0 saturated heterocycles. The van der Waals surface area contributed by atoms with E-state index in [9.17, 15) is 10.2 Å². The summed E-state index contributed by atoms with van der Waals surface area (Å²) in [5.41, 5.74) is 1.45. The molecule has 0 aromatic heterocycles. The lowest BCUT2D eigenvalue weighted by Gasteiger charge is -2.33. The van der Waals surface area contributed by atoms with Gasteiger partial charge in [0, 0.05) is 12.5 Å². The van der Waals surface area contributed by atoms with Gasteiger partial charge < -0.3 is 14.9 Å². The summed E-state index contributed by atoms with van der Waals surface area (Å²) in [6.07, 6.45) is 0.593. The third-order valence-corrected chi connectivity index (χ3v) is 3.40. The van der Waals surface area contributed by atoms with Crippen LogP contribution in [0.15, 0.2) is 24.3 Å². The first kappa shape index (κ1) is 14.2. The van der Waals surface area contributed by atoms with E-state index in [0.29, 0.717) is 6.42 Å². The van der Waals surface area contributed by atoms with Crippen LogP contribution >= 0.6 is 0 Å². The van der Waals surface area contributed by atoms with Crippen LogP contribution in [0.3, 0.4) is 0 Å². The molecule has 0 bridgehead atoms. The van der Waals surface area contributed by atoms with E-state index in [1.807, 2.05) is 38.1 Å². The summed E-state index contributed by atoms with van der Waals surface area (Å²) in [5.74, 6) is 0. The minimum absolute atomic E-state index is 0.00564. The van der Waals surface area contributed by atoms with Crippen molar-refractivity contribution >= 4 is 0 Å². The number of hydrogen-bond acceptors (Lipinski definition) is 3. The van der Waals surface area contributed by atoms with Crippen LogP contribution in [0.2, 0.25) is 0 Å². The predicted octanol–water partition coefficient (Wildman–Crippen LogP) is 1.64. The highest BCUT2D eigenvalue weighted by Gasteiger charge is 2.34. The van der Waals surface area contributed by atoms with Crippen molar-refractivity contribution in [2.45, 2.75) is 31.8 Å². The Kier molecular flexibility index (Phi) is 5.12. The molecule has 0 aliphatic heterocycles. The van der Waals surface area contributed by atoms with Gasteiger partial charge in [-0.25, -0.2) is 0 Å². The van der Waals surface area contributed by atoms with Crippen LogP contribution in [-0.2, 0) is 10.2 Å². The summed E-state index contributed by atoms with van der Waals surface area (Å²) in [5, 5.41) is 19.4. The van der Waals surface area contributed by atoms with Crippen LogP contribution in [0.4, 0.5) is 0 Å². The Balaban J connectivity index is 3.11. The van der Waals surface area contributed by atoms with Crippen molar-refractivity contribution in [2.75, 3.05) is 20.3 Å². The fraction of sp³-hybridized carbons (Fsp3) is 0.571. The zero-order valence-corrected chi connectivity index (χ0v) is 10.8. The Morgan fingerprint density at radius 2 is 1.82 bits per heavy atom. The summed E-state index contributed by atoms with van der Waals surface area (Å²) < 4.78 is 5.25. The zero-order chi connectivity index (χ0) is 12.9. The van der Waals surface area contributed by atoms with E-state index in [0.717, 1.165) is 11.1 Å². The molecular formula is C14H22O3. The number of rotatable bonds is 6. The maximum absolute atomic E-state index is 9.68. The smallest absolute Gasteiger partial charge is 0.0553 e. The highest BCUT2D eigenvalue weighted by atomic mass is 16.5. The number of aliphatic hydroxyl groups is 2. The third-order valence-electron chi connectivity index (χ3n) is 3.40. The quantitative estimate of drug-likeness (QED) is 0.792. The molecule has 0 aliphatic carbocycles. The fourth-order valence-corrected chi connectivity index (χ4v) is 2.26. The van der Waals surface area contributed by atoms with Gasteiger partial charge in [-0.2, -0.15) is 0 Å². The molecular weight excluding hydrogens is 216 g/mol. The first-order valence-corrected chi connectivity index (χ1v) is 5.90. The second-order valence-electron chi connectivity index (χ2n) is 4.66. The highest BCUT2D eigenvalue weighted by Crippen LogP contribution is 2.31. The van der Waals surface area contributed by atoms with Crippen LogP contribution in [-0.4, -0.2) is 36.6 Å². The summed E-state index contributed by atoms with van der Waals surface area (Å²) in [6.45, 7) is 3.77. The molecule has 0 spiro atoms. The summed E-state index contributed by atoms with van der Waals surface area (Å²) >= 11 is 0. The molecule has 0 saturated carbocycles. The molecule has 0 aliphatic rings. The lowest BCUT2D eigenvalue weighted by Crippen LogP contribution is -2.39. The van der Waals surface area contributed by atoms with Gasteiger partial charge in [-0.15, -0.1) is 0 Å². The standard InChI is InChI=1S/C14H22O3/c1-11-6-4-5-7-13(11)14(9-15,10-16)8-12(2)17-3/h4-7,12,15-16H,8-10H2,1-3H3. The Morgan fingerprint density at radius 3 is 2.29 bits per heavy atom. The first-order chi connectivity index (χ1) is 8.09. The Labute approximate surface area is 103 Å². The predicted molar refractivity (Wildman–Crippen MR) is 68.1 cm³/mol. The SMILES string of the molecule is COC(C)CC(CO)(CO)c1ccccc1C. The summed E-state index contributed by atoms with van der Waals surface area (Å²) in [4.78, 5) is 0. The van der Waals surface area contributed by atoms with E-state index in [2.05, 4.69) is 0 Å². The molecule has 1 atom stereocenters. The van der Waals surface area contributed by atoms with Crippen molar-refractivity contribution in [3.63, 3.8) is 0 Å². The van der Waals surface area contributed by atoms with E-state index in [1.54, 1.807) is 7.11 Å². The zero-order valence-electron chi connectivity index (χ0n) is 10.8. The largest absolute Gasteiger partial charge is 0.395 e. The summed E-state index contributed by atoms with van der Waals surface area (Å²) in [7, 11) is 1.64. The number of benzene rings is 1. The van der Waals surface area contributed by atoms with E-state index in [1.165, 1.54) is 0 Å². The van der Waals surface area contributed by atoms with Crippen molar-refractivity contribution in [2.24, 2.45) is 0 Å². The van der Waals surface area contributed by atoms with Gasteiger partial charge in [0.2, 0.25) is 0 Å². The van der Waals surface area contributed by atoms with Gasteiger partial charge in [0.15, 0.2) is 0 Å². The highest BCUT2D eigenvalue weighted by molar-refractivity contribution is 5.34. The Bertz CT molecular complexity index is 345. The minimum Gasteiger partial charge on any atom is -0.395 e. The van der Waals surface area contributed by atoms with Crippen LogP contribution < -0.4 is 0 Å². The Morgan fingerprint density at radius 1 is 1.24 bits per heavy atom. The molecule has 0 heterocycles. The molecule has 17 heavy (non-hydrogen) atoms. The molecule has 1 aromatic carbocycles. The van der Waals surface area contributed by atoms with E-state index < -0.39 is 5.41 Å². The van der Waals surface area contributed by atoms with E-state index in [4.69, 9.17) is 4.74 Å². The maximum Gasteiger partial charge on any atom is 0.0553 e. The lowest BCUT2D eigenvalue weighted by atomic mass is 9.75. The maximum atomic E-state index is 9.68. The molecule has 0 radical (unpaired) electrons. The molecule has 0 fully saturated rings. The number of hydrogen-bond donors (Lipinski definition) is 2. The lowest BCUT2D eigenvalue weighted by molar-refractivity contribution is 0.0403. The van der Waals surface area contributed by atoms with Gasteiger partial charge in [0.1, 0.15) is 0 Å². The van der Waals surface area contributed by atoms with Crippen molar-refractivity contribution in [3.8, 4) is 0 Å². The van der Waals surface area contributed by atoms with Gasteiger partial charge in [0.05, 0.1) is 19.3 Å². The second-order valence-corrected chi connectivity index (χ2v) is 4.66. The van der Waals surface area contributed by atoms with E-state index >= 15 is 0 Å². The van der Waals surface area contributed by atoms with Crippen LogP contribution in [0, 0.1) is 6.92 Å². The minimum atomic E-state index is -0.624. The molecule has 2 N–H and O–H groups in total.